The van der Waals surface area contributed by atoms with Gasteiger partial charge in [0, 0.05) is 11.1 Å². The van der Waals surface area contributed by atoms with Crippen LogP contribution >= 0.6 is 0 Å². The Morgan fingerprint density at radius 1 is 0.900 bits per heavy atom. The molecule has 3 aromatic rings. The summed E-state index contributed by atoms with van der Waals surface area (Å²) in [6.45, 7) is -1.17. The first-order chi connectivity index (χ1) is 14.4. The predicted octanol–water partition coefficient (Wildman–Crippen LogP) is 4.11. The fourth-order valence-corrected chi connectivity index (χ4v) is 3.12. The Morgan fingerprint density at radius 2 is 1.50 bits per heavy atom. The Morgan fingerprint density at radius 3 is 2.13 bits per heavy atom. The first-order valence-electron chi connectivity index (χ1n) is 9.44. The van der Waals surface area contributed by atoms with Crippen LogP contribution in [0.25, 0.3) is 0 Å². The molecule has 0 bridgehead atoms. The normalized spacial score (nSPS) is 13.0. The van der Waals surface area contributed by atoms with Crippen LogP contribution in [0.4, 0.5) is 18.9 Å². The van der Waals surface area contributed by atoms with Gasteiger partial charge in [0.2, 0.25) is 0 Å². The third-order valence-corrected chi connectivity index (χ3v) is 4.65. The molecule has 0 spiro atoms. The third kappa shape index (κ3) is 5.61. The Bertz CT molecular complexity index is 966. The number of benzene rings is 3. The van der Waals surface area contributed by atoms with Crippen molar-refractivity contribution in [3.05, 3.63) is 95.8 Å². The van der Waals surface area contributed by atoms with Gasteiger partial charge in [-0.1, -0.05) is 42.5 Å². The molecule has 0 saturated heterocycles. The van der Waals surface area contributed by atoms with Crippen molar-refractivity contribution < 1.29 is 28.0 Å². The summed E-state index contributed by atoms with van der Waals surface area (Å²) < 4.78 is 43.1. The molecule has 0 aliphatic heterocycles. The molecule has 0 saturated carbocycles. The van der Waals surface area contributed by atoms with Crippen LogP contribution in [-0.2, 0) is 4.79 Å². The van der Waals surface area contributed by atoms with Gasteiger partial charge in [0.15, 0.2) is 6.04 Å². The quantitative estimate of drug-likeness (QED) is 0.582. The lowest BCUT2D eigenvalue weighted by Gasteiger charge is -2.21. The number of halogens is 3. The second kappa shape index (κ2) is 9.93. The summed E-state index contributed by atoms with van der Waals surface area (Å²) in [5.41, 5.74) is 1.87. The standard InChI is InChI=1S/C23H21F3N2O2/c1-15(22(29)28-20-10-6-5-9-19(20)24)27-21(16-7-3-2-4-8-16)17-11-13-18(14-12-17)30-23(25)26/h2-15,21,23,27H,1H3,(H,28,29)/p+1/t15-,21-/m0/s1. The van der Waals surface area contributed by atoms with E-state index in [2.05, 4.69) is 10.1 Å². The van der Waals surface area contributed by atoms with E-state index in [9.17, 15) is 18.0 Å². The molecule has 7 heteroatoms. The van der Waals surface area contributed by atoms with Crippen LogP contribution in [-0.4, -0.2) is 18.6 Å². The first kappa shape index (κ1) is 21.4. The SMILES string of the molecule is C[C@H]([NH2+][C@@H](c1ccccc1)c1ccc(OC(F)F)cc1)C(=O)Nc1ccccc1F. The zero-order chi connectivity index (χ0) is 21.5. The first-order valence-corrected chi connectivity index (χ1v) is 9.44. The molecule has 156 valence electrons. The summed E-state index contributed by atoms with van der Waals surface area (Å²) in [4.78, 5) is 12.6. The van der Waals surface area contributed by atoms with Crippen LogP contribution in [0.2, 0.25) is 0 Å². The molecule has 0 aromatic heterocycles. The number of rotatable bonds is 8. The lowest BCUT2D eigenvalue weighted by Crippen LogP contribution is -2.92. The molecule has 2 atom stereocenters. The molecule has 1 amide bonds. The maximum absolute atomic E-state index is 13.8. The molecule has 30 heavy (non-hydrogen) atoms. The molecule has 0 radical (unpaired) electrons. The lowest BCUT2D eigenvalue weighted by atomic mass is 9.97. The topological polar surface area (TPSA) is 54.9 Å². The van der Waals surface area contributed by atoms with Gasteiger partial charge in [-0.3, -0.25) is 4.79 Å². The van der Waals surface area contributed by atoms with E-state index in [0.717, 1.165) is 11.1 Å². The zero-order valence-electron chi connectivity index (χ0n) is 16.3. The van der Waals surface area contributed by atoms with E-state index in [1.165, 1.54) is 24.3 Å². The lowest BCUT2D eigenvalue weighted by molar-refractivity contribution is -0.704. The average molecular weight is 415 g/mol. The van der Waals surface area contributed by atoms with Gasteiger partial charge in [-0.2, -0.15) is 8.78 Å². The fraction of sp³-hybridized carbons (Fsp3) is 0.174. The highest BCUT2D eigenvalue weighted by atomic mass is 19.3. The predicted molar refractivity (Wildman–Crippen MR) is 108 cm³/mol. The van der Waals surface area contributed by atoms with Gasteiger partial charge in [0.05, 0.1) is 5.69 Å². The summed E-state index contributed by atoms with van der Waals surface area (Å²) in [7, 11) is 0. The molecule has 0 aliphatic carbocycles. The second-order valence-corrected chi connectivity index (χ2v) is 6.79. The second-order valence-electron chi connectivity index (χ2n) is 6.79. The van der Waals surface area contributed by atoms with Gasteiger partial charge in [0.1, 0.15) is 17.6 Å². The van der Waals surface area contributed by atoms with E-state index >= 15 is 0 Å². The highest BCUT2D eigenvalue weighted by Crippen LogP contribution is 2.22. The molecule has 3 aromatic carbocycles. The van der Waals surface area contributed by atoms with Crippen LogP contribution < -0.4 is 15.4 Å². The van der Waals surface area contributed by atoms with Crippen LogP contribution in [0.3, 0.4) is 0 Å². The van der Waals surface area contributed by atoms with Crippen molar-refractivity contribution in [1.29, 1.82) is 0 Å². The maximum Gasteiger partial charge on any atom is 0.387 e. The number of amides is 1. The molecule has 3 N–H and O–H groups in total. The summed E-state index contributed by atoms with van der Waals surface area (Å²) in [5.74, 6) is -0.795. The Hall–Kier alpha value is -3.32. The molecule has 0 unspecified atom stereocenters. The fourth-order valence-electron chi connectivity index (χ4n) is 3.12. The largest absolute Gasteiger partial charge is 0.435 e. The highest BCUT2D eigenvalue weighted by Gasteiger charge is 2.25. The Labute approximate surface area is 172 Å². The number of ether oxygens (including phenoxy) is 1. The van der Waals surface area contributed by atoms with E-state index < -0.39 is 18.5 Å². The monoisotopic (exact) mass is 415 g/mol. The number of nitrogens with two attached hydrogens (primary N) is 1. The number of alkyl halides is 2. The number of anilines is 1. The number of nitrogens with one attached hydrogen (secondary N) is 1. The van der Waals surface area contributed by atoms with Gasteiger partial charge < -0.3 is 15.4 Å². The summed E-state index contributed by atoms with van der Waals surface area (Å²) >= 11 is 0. The van der Waals surface area contributed by atoms with E-state index in [4.69, 9.17) is 0 Å². The number of quaternary nitrogens is 1. The number of para-hydroxylation sites is 1. The van der Waals surface area contributed by atoms with E-state index in [1.807, 2.05) is 35.6 Å². The van der Waals surface area contributed by atoms with E-state index in [0.29, 0.717) is 0 Å². The molecular weight excluding hydrogens is 393 g/mol. The van der Waals surface area contributed by atoms with Crippen molar-refractivity contribution in [2.24, 2.45) is 0 Å². The average Bonchev–Trinajstić information content (AvgIpc) is 2.74. The minimum absolute atomic E-state index is 0.0610. The van der Waals surface area contributed by atoms with Crippen molar-refractivity contribution in [3.63, 3.8) is 0 Å². The van der Waals surface area contributed by atoms with Crippen LogP contribution in [0, 0.1) is 5.82 Å². The van der Waals surface area contributed by atoms with Gasteiger partial charge in [0.25, 0.3) is 5.91 Å². The van der Waals surface area contributed by atoms with Crippen molar-refractivity contribution >= 4 is 11.6 Å². The van der Waals surface area contributed by atoms with E-state index in [1.54, 1.807) is 31.2 Å². The number of hydrogen-bond acceptors (Lipinski definition) is 2. The molecule has 4 nitrogen and oxygen atoms in total. The minimum atomic E-state index is -2.89. The van der Waals surface area contributed by atoms with Gasteiger partial charge in [-0.25, -0.2) is 4.39 Å². The smallest absolute Gasteiger partial charge is 0.387 e. The Kier molecular flexibility index (Phi) is 7.08. The zero-order valence-corrected chi connectivity index (χ0v) is 16.3. The van der Waals surface area contributed by atoms with Crippen LogP contribution in [0.5, 0.6) is 5.75 Å². The molecule has 0 heterocycles. The number of carbonyl (C=O) groups is 1. The van der Waals surface area contributed by atoms with Gasteiger partial charge in [-0.05, 0) is 43.3 Å². The molecule has 0 aliphatic rings. The summed E-state index contributed by atoms with van der Waals surface area (Å²) in [6, 6.07) is 21.0. The van der Waals surface area contributed by atoms with Crippen molar-refractivity contribution in [2.75, 3.05) is 5.32 Å². The summed E-state index contributed by atoms with van der Waals surface area (Å²) in [6.07, 6.45) is 0. The van der Waals surface area contributed by atoms with Gasteiger partial charge >= 0.3 is 6.61 Å². The highest BCUT2D eigenvalue weighted by molar-refractivity contribution is 5.93. The summed E-state index contributed by atoms with van der Waals surface area (Å²) in [5, 5.41) is 4.44. The van der Waals surface area contributed by atoms with Crippen molar-refractivity contribution in [3.8, 4) is 5.75 Å². The number of carbonyl (C=O) groups excluding carboxylic acids is 1. The minimum Gasteiger partial charge on any atom is -0.435 e. The molecular formula is C23H22F3N2O2+. The molecule has 0 fully saturated rings. The van der Waals surface area contributed by atoms with E-state index in [-0.39, 0.29) is 23.4 Å². The van der Waals surface area contributed by atoms with Gasteiger partial charge in [-0.15, -0.1) is 0 Å². The third-order valence-electron chi connectivity index (χ3n) is 4.65. The maximum atomic E-state index is 13.8. The number of hydrogen-bond donors (Lipinski definition) is 2. The van der Waals surface area contributed by atoms with Crippen molar-refractivity contribution in [1.82, 2.24) is 0 Å². The van der Waals surface area contributed by atoms with Crippen LogP contribution in [0.15, 0.2) is 78.9 Å². The van der Waals surface area contributed by atoms with Crippen molar-refractivity contribution in [2.45, 2.75) is 25.6 Å². The molecule has 3 rings (SSSR count). The Balaban J connectivity index is 1.79. The van der Waals surface area contributed by atoms with Crippen LogP contribution in [0.1, 0.15) is 24.1 Å².